The fourth-order valence-corrected chi connectivity index (χ4v) is 2.93. The Balaban J connectivity index is 0.000000561. The van der Waals surface area contributed by atoms with Gasteiger partial charge >= 0.3 is 5.51 Å². The highest BCUT2D eigenvalue weighted by Crippen LogP contribution is 2.20. The molecule has 1 aliphatic heterocycles. The summed E-state index contributed by atoms with van der Waals surface area (Å²) in [6, 6.07) is 0.939. The minimum atomic E-state index is -6.09. The van der Waals surface area contributed by atoms with Crippen LogP contribution in [-0.2, 0) is 10.1 Å². The van der Waals surface area contributed by atoms with Crippen LogP contribution >= 0.6 is 0 Å². The van der Waals surface area contributed by atoms with Crippen molar-refractivity contribution in [2.45, 2.75) is 89.6 Å². The van der Waals surface area contributed by atoms with E-state index in [0.29, 0.717) is 0 Å². The molecule has 0 aromatic heterocycles. The lowest BCUT2D eigenvalue weighted by molar-refractivity contribution is -0.928. The quantitative estimate of drug-likeness (QED) is 0.402. The first-order valence-corrected chi connectivity index (χ1v) is 10.4. The summed E-state index contributed by atoms with van der Waals surface area (Å²) in [6.45, 7) is 7.61. The molecular formula is C16H32F3NO3S. The topological polar surface area (TPSA) is 61.6 Å². The van der Waals surface area contributed by atoms with Gasteiger partial charge in [-0.05, 0) is 39.0 Å². The lowest BCUT2D eigenvalue weighted by Gasteiger charge is -2.30. The summed E-state index contributed by atoms with van der Waals surface area (Å²) in [7, 11) is -6.09. The maximum Gasteiger partial charge on any atom is 0.485 e. The van der Waals surface area contributed by atoms with Gasteiger partial charge in [-0.1, -0.05) is 39.0 Å². The molecular weight excluding hydrogens is 343 g/mol. The van der Waals surface area contributed by atoms with Crippen LogP contribution in [0, 0.1) is 0 Å². The first kappa shape index (κ1) is 23.7. The van der Waals surface area contributed by atoms with Gasteiger partial charge in [0, 0.05) is 0 Å². The third-order valence-electron chi connectivity index (χ3n) is 4.47. The number of piperidine rings is 1. The molecule has 1 N–H and O–H groups in total. The highest BCUT2D eigenvalue weighted by Gasteiger charge is 2.36. The summed E-state index contributed by atoms with van der Waals surface area (Å²) < 4.78 is 58.9. The Bertz CT molecular complexity index is 413. The molecule has 1 fully saturated rings. The number of nitrogens with one attached hydrogen (secondary N) is 1. The van der Waals surface area contributed by atoms with Crippen LogP contribution in [0.15, 0.2) is 0 Å². The van der Waals surface area contributed by atoms with E-state index < -0.39 is 15.6 Å². The predicted molar refractivity (Wildman–Crippen MR) is 87.8 cm³/mol. The Labute approximate surface area is 144 Å². The lowest BCUT2D eigenvalue weighted by Crippen LogP contribution is -3.16. The highest BCUT2D eigenvalue weighted by molar-refractivity contribution is 7.86. The monoisotopic (exact) mass is 375 g/mol. The third kappa shape index (κ3) is 11.3. The molecule has 1 rings (SSSR count). The molecule has 24 heavy (non-hydrogen) atoms. The van der Waals surface area contributed by atoms with Crippen molar-refractivity contribution in [1.29, 1.82) is 0 Å². The van der Waals surface area contributed by atoms with Gasteiger partial charge in [-0.15, -0.1) is 0 Å². The minimum absolute atomic E-state index is 0.939. The Morgan fingerprint density at radius 2 is 1.54 bits per heavy atom. The maximum absolute atomic E-state index is 10.7. The van der Waals surface area contributed by atoms with E-state index in [4.69, 9.17) is 13.0 Å². The first-order chi connectivity index (χ1) is 11.1. The molecule has 0 aromatic rings. The van der Waals surface area contributed by atoms with Gasteiger partial charge in [0.05, 0.1) is 19.1 Å². The molecule has 1 saturated heterocycles. The molecule has 2 atom stereocenters. The van der Waals surface area contributed by atoms with Crippen molar-refractivity contribution in [3.8, 4) is 0 Å². The number of unbranched alkanes of at least 4 members (excludes halogenated alkanes) is 6. The van der Waals surface area contributed by atoms with E-state index in [1.54, 1.807) is 0 Å². The summed E-state index contributed by atoms with van der Waals surface area (Å²) in [5, 5.41) is 0. The smallest absolute Gasteiger partial charge is 0.485 e. The predicted octanol–water partition coefficient (Wildman–Crippen LogP) is 3.25. The molecule has 4 nitrogen and oxygen atoms in total. The molecule has 0 amide bonds. The van der Waals surface area contributed by atoms with Crippen LogP contribution in [0.2, 0.25) is 0 Å². The standard InChI is InChI=1S/C15H31N.CHF3O3S/c1-3-4-5-6-7-8-10-13-16-14-11-9-12-15(16)2;2-1(3,4)8(5,6)7/h15H,3-14H2,1-2H3;(H,5,6,7). The fraction of sp³-hybridized carbons (Fsp3) is 1.00. The van der Waals surface area contributed by atoms with Crippen LogP contribution in [-0.4, -0.2) is 37.6 Å². The lowest BCUT2D eigenvalue weighted by atomic mass is 10.0. The SMILES string of the molecule is CCCCCCCCC[NH+]1CCCCC1C.O=S(=O)([O-])C(F)(F)F. The van der Waals surface area contributed by atoms with Gasteiger partial charge in [-0.3, -0.25) is 0 Å². The molecule has 0 bridgehead atoms. The van der Waals surface area contributed by atoms with E-state index >= 15 is 0 Å². The molecule has 2 unspecified atom stereocenters. The summed E-state index contributed by atoms with van der Waals surface area (Å²) >= 11 is 0. The van der Waals surface area contributed by atoms with Crippen LogP contribution in [0.1, 0.15) is 78.1 Å². The number of alkyl halides is 3. The molecule has 1 heterocycles. The van der Waals surface area contributed by atoms with Crippen molar-refractivity contribution in [3.05, 3.63) is 0 Å². The molecule has 1 aliphatic rings. The van der Waals surface area contributed by atoms with Gasteiger partial charge in [0.1, 0.15) is 0 Å². The van der Waals surface area contributed by atoms with Crippen LogP contribution in [0.5, 0.6) is 0 Å². The second kappa shape index (κ2) is 12.1. The van der Waals surface area contributed by atoms with Crippen LogP contribution in [0.3, 0.4) is 0 Å². The van der Waals surface area contributed by atoms with E-state index in [1.807, 2.05) is 4.90 Å². The van der Waals surface area contributed by atoms with Crippen molar-refractivity contribution in [3.63, 3.8) is 0 Å². The van der Waals surface area contributed by atoms with E-state index in [2.05, 4.69) is 13.8 Å². The summed E-state index contributed by atoms with van der Waals surface area (Å²) in [5.74, 6) is 0. The number of hydrogen-bond acceptors (Lipinski definition) is 3. The van der Waals surface area contributed by atoms with Gasteiger partial charge < -0.3 is 9.45 Å². The molecule has 0 radical (unpaired) electrons. The zero-order chi connectivity index (χ0) is 18.6. The molecule has 0 aromatic carbocycles. The number of halogens is 3. The van der Waals surface area contributed by atoms with Crippen LogP contribution < -0.4 is 4.90 Å². The fourth-order valence-electron chi connectivity index (χ4n) is 2.93. The second-order valence-corrected chi connectivity index (χ2v) is 7.95. The van der Waals surface area contributed by atoms with Gasteiger partial charge in [-0.2, -0.15) is 13.2 Å². The number of hydrogen-bond donors (Lipinski definition) is 1. The number of rotatable bonds is 8. The number of quaternary nitrogens is 1. The normalized spacial score (nSPS) is 21.9. The Hall–Kier alpha value is -0.340. The average Bonchev–Trinajstić information content (AvgIpc) is 2.47. The largest absolute Gasteiger partial charge is 0.741 e. The zero-order valence-electron chi connectivity index (χ0n) is 14.8. The zero-order valence-corrected chi connectivity index (χ0v) is 15.6. The van der Waals surface area contributed by atoms with Crippen molar-refractivity contribution >= 4 is 10.1 Å². The Morgan fingerprint density at radius 3 is 2.00 bits per heavy atom. The van der Waals surface area contributed by atoms with E-state index in [1.165, 1.54) is 77.3 Å². The second-order valence-electron chi connectivity index (χ2n) is 6.58. The van der Waals surface area contributed by atoms with E-state index in [0.717, 1.165) is 6.04 Å². The van der Waals surface area contributed by atoms with Gasteiger partial charge in [0.15, 0.2) is 10.1 Å². The molecule has 0 spiro atoms. The molecule has 8 heteroatoms. The van der Waals surface area contributed by atoms with Crippen LogP contribution in [0.4, 0.5) is 13.2 Å². The van der Waals surface area contributed by atoms with Crippen molar-refractivity contribution < 1.29 is 31.0 Å². The van der Waals surface area contributed by atoms with Gasteiger partial charge in [-0.25, -0.2) is 8.42 Å². The Morgan fingerprint density at radius 1 is 1.04 bits per heavy atom. The van der Waals surface area contributed by atoms with Crippen molar-refractivity contribution in [2.75, 3.05) is 13.1 Å². The molecule has 146 valence electrons. The number of likely N-dealkylation sites (tertiary alicyclic amines) is 1. The van der Waals surface area contributed by atoms with Gasteiger partial charge in [0.2, 0.25) is 0 Å². The van der Waals surface area contributed by atoms with Crippen molar-refractivity contribution in [2.24, 2.45) is 0 Å². The maximum atomic E-state index is 10.7. The first-order valence-electron chi connectivity index (χ1n) is 8.96. The van der Waals surface area contributed by atoms with E-state index in [9.17, 15) is 13.2 Å². The van der Waals surface area contributed by atoms with Gasteiger partial charge in [0.25, 0.3) is 0 Å². The summed E-state index contributed by atoms with van der Waals surface area (Å²) in [4.78, 5) is 1.89. The third-order valence-corrected chi connectivity index (χ3v) is 5.03. The average molecular weight is 375 g/mol. The van der Waals surface area contributed by atoms with Crippen LogP contribution in [0.25, 0.3) is 0 Å². The summed E-state index contributed by atoms with van der Waals surface area (Å²) in [5.41, 5.74) is -5.65. The molecule has 0 aliphatic carbocycles. The van der Waals surface area contributed by atoms with E-state index in [-0.39, 0.29) is 0 Å². The summed E-state index contributed by atoms with van der Waals surface area (Å²) in [6.07, 6.45) is 14.6. The Kier molecular flexibility index (Phi) is 11.9. The van der Waals surface area contributed by atoms with Crippen molar-refractivity contribution in [1.82, 2.24) is 0 Å². The highest BCUT2D eigenvalue weighted by atomic mass is 32.2. The minimum Gasteiger partial charge on any atom is -0.741 e. The molecule has 0 saturated carbocycles.